The molecule has 1 aliphatic heterocycles. The molecule has 134 valence electrons. The number of fused-ring (bicyclic) bond motifs is 2. The van der Waals surface area contributed by atoms with Crippen molar-refractivity contribution in [2.75, 3.05) is 18.5 Å². The first kappa shape index (κ1) is 16.4. The molecule has 2 N–H and O–H groups in total. The second-order valence-electron chi connectivity index (χ2n) is 6.70. The van der Waals surface area contributed by atoms with E-state index in [9.17, 15) is 9.59 Å². The van der Waals surface area contributed by atoms with Crippen LogP contribution in [0.15, 0.2) is 48.5 Å². The number of para-hydroxylation sites is 1. The molecule has 0 radical (unpaired) electrons. The fourth-order valence-electron chi connectivity index (χ4n) is 3.71. The van der Waals surface area contributed by atoms with Gasteiger partial charge < -0.3 is 19.9 Å². The highest BCUT2D eigenvalue weighted by molar-refractivity contribution is 5.96. The highest BCUT2D eigenvalue weighted by Gasteiger charge is 2.60. The first-order valence-electron chi connectivity index (χ1n) is 8.56. The smallest absolute Gasteiger partial charge is 0.341 e. The summed E-state index contributed by atoms with van der Waals surface area (Å²) in [5.74, 6) is 0.246. The molecule has 2 aliphatic rings. The van der Waals surface area contributed by atoms with Crippen LogP contribution >= 0.6 is 0 Å². The van der Waals surface area contributed by atoms with E-state index in [-0.39, 0.29) is 17.2 Å². The van der Waals surface area contributed by atoms with Crippen molar-refractivity contribution in [3.8, 4) is 11.5 Å². The topological polar surface area (TPSA) is 84.9 Å². The minimum Gasteiger partial charge on any atom is -0.493 e. The van der Waals surface area contributed by atoms with Crippen molar-refractivity contribution in [1.82, 2.24) is 0 Å². The van der Waals surface area contributed by atoms with Gasteiger partial charge in [-0.05, 0) is 43.2 Å². The molecular formula is C20H19NO5. The maximum atomic E-state index is 12.7. The summed E-state index contributed by atoms with van der Waals surface area (Å²) in [6, 6.07) is 14.7. The van der Waals surface area contributed by atoms with Crippen LogP contribution in [0.5, 0.6) is 11.5 Å². The predicted octanol–water partition coefficient (Wildman–Crippen LogP) is 2.83. The second kappa shape index (κ2) is 6.37. The molecule has 26 heavy (non-hydrogen) atoms. The fourth-order valence-corrected chi connectivity index (χ4v) is 3.71. The van der Waals surface area contributed by atoms with Crippen molar-refractivity contribution < 1.29 is 24.2 Å². The summed E-state index contributed by atoms with van der Waals surface area (Å²) in [4.78, 5) is 23.2. The van der Waals surface area contributed by atoms with E-state index >= 15 is 0 Å². The summed E-state index contributed by atoms with van der Waals surface area (Å²) >= 11 is 0. The average molecular weight is 353 g/mol. The molecule has 1 amide bonds. The van der Waals surface area contributed by atoms with E-state index in [2.05, 4.69) is 11.4 Å². The number of aliphatic carboxylic acids is 1. The van der Waals surface area contributed by atoms with Crippen LogP contribution < -0.4 is 14.8 Å². The Hall–Kier alpha value is -3.02. The van der Waals surface area contributed by atoms with Crippen molar-refractivity contribution in [1.29, 1.82) is 0 Å². The number of carbonyl (C=O) groups is 2. The maximum absolute atomic E-state index is 12.7. The number of carboxylic acids is 1. The van der Waals surface area contributed by atoms with Gasteiger partial charge in [0.15, 0.2) is 6.61 Å². The Labute approximate surface area is 150 Å². The number of carbonyl (C=O) groups excluding carboxylic acids is 1. The van der Waals surface area contributed by atoms with E-state index < -0.39 is 12.6 Å². The molecule has 6 heteroatoms. The molecule has 1 fully saturated rings. The molecule has 6 nitrogen and oxygen atoms in total. The van der Waals surface area contributed by atoms with E-state index in [0.717, 1.165) is 24.2 Å². The number of benzene rings is 2. The monoisotopic (exact) mass is 353 g/mol. The standard InChI is InChI=1S/C20H19NO5/c22-18(23)12-26-14-7-5-13(6-8-14)21-19(24)16-11-20(16)9-10-25-17-4-2-1-3-15(17)20/h1-8,16H,9-12H2,(H,21,24)(H,22,23)/t16-,20-/m0/s1. The summed E-state index contributed by atoms with van der Waals surface area (Å²) in [7, 11) is 0. The Morgan fingerprint density at radius 1 is 1.19 bits per heavy atom. The number of nitrogens with one attached hydrogen (secondary N) is 1. The van der Waals surface area contributed by atoms with Crippen LogP contribution in [0, 0.1) is 5.92 Å². The lowest BCUT2D eigenvalue weighted by molar-refractivity contribution is -0.139. The molecule has 4 rings (SSSR count). The lowest BCUT2D eigenvalue weighted by atomic mass is 9.87. The van der Waals surface area contributed by atoms with Gasteiger partial charge in [-0.15, -0.1) is 0 Å². The number of anilines is 1. The zero-order chi connectivity index (χ0) is 18.1. The minimum absolute atomic E-state index is 0.000840. The van der Waals surface area contributed by atoms with E-state index in [1.54, 1.807) is 24.3 Å². The summed E-state index contributed by atoms with van der Waals surface area (Å²) in [5.41, 5.74) is 1.69. The lowest BCUT2D eigenvalue weighted by Crippen LogP contribution is -2.26. The zero-order valence-corrected chi connectivity index (χ0v) is 14.1. The van der Waals surface area contributed by atoms with Crippen molar-refractivity contribution in [3.63, 3.8) is 0 Å². The van der Waals surface area contributed by atoms with Gasteiger partial charge in [0.1, 0.15) is 11.5 Å². The average Bonchev–Trinajstić information content (AvgIpc) is 3.36. The molecule has 1 aliphatic carbocycles. The largest absolute Gasteiger partial charge is 0.493 e. The SMILES string of the molecule is O=C(O)COc1ccc(NC(=O)[C@@H]2C[C@]23CCOc2ccccc23)cc1. The van der Waals surface area contributed by atoms with E-state index in [4.69, 9.17) is 14.6 Å². The molecule has 0 aromatic heterocycles. The number of hydrogen-bond acceptors (Lipinski definition) is 4. The Kier molecular flexibility index (Phi) is 4.03. The Bertz CT molecular complexity index is 848. The third-order valence-electron chi connectivity index (χ3n) is 5.11. The van der Waals surface area contributed by atoms with Gasteiger partial charge in [0, 0.05) is 22.6 Å². The van der Waals surface area contributed by atoms with Crippen LogP contribution in [0.4, 0.5) is 5.69 Å². The highest BCUT2D eigenvalue weighted by Crippen LogP contribution is 2.60. The van der Waals surface area contributed by atoms with Gasteiger partial charge in [-0.1, -0.05) is 18.2 Å². The Balaban J connectivity index is 1.42. The zero-order valence-electron chi connectivity index (χ0n) is 14.1. The van der Waals surface area contributed by atoms with Gasteiger partial charge in [0.05, 0.1) is 6.61 Å². The highest BCUT2D eigenvalue weighted by atomic mass is 16.5. The van der Waals surface area contributed by atoms with Gasteiger partial charge >= 0.3 is 5.97 Å². The Morgan fingerprint density at radius 2 is 1.96 bits per heavy atom. The molecule has 2 aromatic rings. The Morgan fingerprint density at radius 3 is 2.73 bits per heavy atom. The predicted molar refractivity (Wildman–Crippen MR) is 94.5 cm³/mol. The van der Waals surface area contributed by atoms with Crippen molar-refractivity contribution in [2.45, 2.75) is 18.3 Å². The van der Waals surface area contributed by atoms with Crippen LogP contribution in [0.1, 0.15) is 18.4 Å². The number of carboxylic acid groups (broad SMARTS) is 1. The van der Waals surface area contributed by atoms with Crippen LogP contribution in [0.3, 0.4) is 0 Å². The van der Waals surface area contributed by atoms with Crippen LogP contribution in [0.25, 0.3) is 0 Å². The maximum Gasteiger partial charge on any atom is 0.341 e. The van der Waals surface area contributed by atoms with Gasteiger partial charge in [0.2, 0.25) is 5.91 Å². The molecule has 0 bridgehead atoms. The van der Waals surface area contributed by atoms with Crippen molar-refractivity contribution in [3.05, 3.63) is 54.1 Å². The summed E-state index contributed by atoms with van der Waals surface area (Å²) in [5, 5.41) is 11.6. The van der Waals surface area contributed by atoms with Crippen LogP contribution in [0.2, 0.25) is 0 Å². The summed E-state index contributed by atoms with van der Waals surface area (Å²) in [6.07, 6.45) is 1.68. The number of amides is 1. The summed E-state index contributed by atoms with van der Waals surface area (Å²) in [6.45, 7) is 0.244. The van der Waals surface area contributed by atoms with Gasteiger partial charge in [-0.25, -0.2) is 4.79 Å². The molecule has 1 saturated carbocycles. The number of hydrogen-bond donors (Lipinski definition) is 2. The first-order chi connectivity index (χ1) is 12.6. The van der Waals surface area contributed by atoms with Gasteiger partial charge in [-0.2, -0.15) is 0 Å². The quantitative estimate of drug-likeness (QED) is 0.863. The third kappa shape index (κ3) is 2.98. The summed E-state index contributed by atoms with van der Waals surface area (Å²) < 4.78 is 10.8. The number of rotatable bonds is 5. The first-order valence-corrected chi connectivity index (χ1v) is 8.56. The second-order valence-corrected chi connectivity index (χ2v) is 6.70. The molecule has 0 unspecified atom stereocenters. The van der Waals surface area contributed by atoms with Gasteiger partial charge in [-0.3, -0.25) is 4.79 Å². The van der Waals surface area contributed by atoms with Crippen LogP contribution in [-0.2, 0) is 15.0 Å². The molecule has 2 aromatic carbocycles. The van der Waals surface area contributed by atoms with E-state index in [1.807, 2.05) is 18.2 Å². The lowest BCUT2D eigenvalue weighted by Gasteiger charge is -2.26. The molecular weight excluding hydrogens is 334 g/mol. The number of ether oxygens (including phenoxy) is 2. The molecule has 1 spiro atoms. The minimum atomic E-state index is -1.03. The normalized spacial score (nSPS) is 22.8. The van der Waals surface area contributed by atoms with E-state index in [0.29, 0.717) is 18.0 Å². The fraction of sp³-hybridized carbons (Fsp3) is 0.300. The third-order valence-corrected chi connectivity index (χ3v) is 5.11. The molecule has 0 saturated heterocycles. The van der Waals surface area contributed by atoms with Crippen molar-refractivity contribution in [2.24, 2.45) is 5.92 Å². The van der Waals surface area contributed by atoms with E-state index in [1.165, 1.54) is 0 Å². The van der Waals surface area contributed by atoms with Crippen molar-refractivity contribution >= 4 is 17.6 Å². The molecule has 1 heterocycles. The van der Waals surface area contributed by atoms with Gasteiger partial charge in [0.25, 0.3) is 0 Å². The molecule has 2 atom stereocenters. The van der Waals surface area contributed by atoms with Crippen LogP contribution in [-0.4, -0.2) is 30.2 Å².